The topological polar surface area (TPSA) is 29.9 Å². The van der Waals surface area contributed by atoms with Crippen LogP contribution in [0.2, 0.25) is 0 Å². The first-order valence-corrected chi connectivity index (χ1v) is 6.38. The van der Waals surface area contributed by atoms with E-state index in [1.54, 1.807) is 0 Å². The van der Waals surface area contributed by atoms with E-state index in [1.165, 1.54) is 11.1 Å². The Morgan fingerprint density at radius 1 is 1.47 bits per heavy atom. The van der Waals surface area contributed by atoms with Crippen LogP contribution in [0.15, 0.2) is 41.1 Å². The van der Waals surface area contributed by atoms with E-state index in [9.17, 15) is 0 Å². The predicted octanol–water partition coefficient (Wildman–Crippen LogP) is 2.69. The van der Waals surface area contributed by atoms with Crippen LogP contribution in [0.5, 0.6) is 0 Å². The molecular formula is C13H16BrN3. The molecule has 0 bridgehead atoms. The van der Waals surface area contributed by atoms with Gasteiger partial charge < -0.3 is 5.32 Å². The second kappa shape index (κ2) is 5.47. The number of nitrogens with zero attached hydrogens (tertiary/aromatic N) is 2. The number of hydrogen-bond donors (Lipinski definition) is 1. The number of aromatic nitrogens is 2. The molecule has 1 aromatic carbocycles. The lowest BCUT2D eigenvalue weighted by atomic mass is 10.0. The molecule has 0 aliphatic rings. The van der Waals surface area contributed by atoms with Gasteiger partial charge in [-0.15, -0.1) is 0 Å². The normalized spacial score (nSPS) is 12.6. The zero-order chi connectivity index (χ0) is 12.3. The number of halogens is 1. The van der Waals surface area contributed by atoms with E-state index in [0.29, 0.717) is 6.04 Å². The van der Waals surface area contributed by atoms with Crippen molar-refractivity contribution < 1.29 is 0 Å². The van der Waals surface area contributed by atoms with Crippen molar-refractivity contribution in [1.82, 2.24) is 15.1 Å². The summed E-state index contributed by atoms with van der Waals surface area (Å²) in [5.41, 5.74) is 2.53. The van der Waals surface area contributed by atoms with Crippen molar-refractivity contribution in [3.8, 4) is 0 Å². The Balaban J connectivity index is 2.16. The van der Waals surface area contributed by atoms with E-state index in [0.717, 1.165) is 10.9 Å². The van der Waals surface area contributed by atoms with Crippen molar-refractivity contribution in [2.75, 3.05) is 7.05 Å². The standard InChI is InChI=1S/C13H16BrN3/c1-15-13(6-10-8-16-17(2)9-10)11-4-3-5-12(14)7-11/h3-5,7-9,13,15H,6H2,1-2H3. The van der Waals surface area contributed by atoms with Gasteiger partial charge in [0.1, 0.15) is 0 Å². The average Bonchev–Trinajstić information content (AvgIpc) is 2.72. The highest BCUT2D eigenvalue weighted by Crippen LogP contribution is 2.21. The molecule has 0 saturated heterocycles. The van der Waals surface area contributed by atoms with E-state index >= 15 is 0 Å². The van der Waals surface area contributed by atoms with Crippen molar-refractivity contribution in [3.63, 3.8) is 0 Å². The molecule has 1 heterocycles. The average molecular weight is 294 g/mol. The van der Waals surface area contributed by atoms with Crippen LogP contribution in [0.4, 0.5) is 0 Å². The molecule has 1 aromatic heterocycles. The molecule has 1 N–H and O–H groups in total. The van der Waals surface area contributed by atoms with Crippen LogP contribution in [0.3, 0.4) is 0 Å². The Labute approximate surface area is 110 Å². The largest absolute Gasteiger partial charge is 0.313 e. The summed E-state index contributed by atoms with van der Waals surface area (Å²) in [6.45, 7) is 0. The van der Waals surface area contributed by atoms with Gasteiger partial charge in [-0.05, 0) is 36.7 Å². The van der Waals surface area contributed by atoms with Gasteiger partial charge in [0.15, 0.2) is 0 Å². The van der Waals surface area contributed by atoms with E-state index in [-0.39, 0.29) is 0 Å². The minimum absolute atomic E-state index is 0.316. The molecule has 0 fully saturated rings. The maximum Gasteiger partial charge on any atom is 0.0522 e. The summed E-state index contributed by atoms with van der Waals surface area (Å²) in [6, 6.07) is 8.71. The summed E-state index contributed by atoms with van der Waals surface area (Å²) in [4.78, 5) is 0. The monoisotopic (exact) mass is 293 g/mol. The third-order valence-corrected chi connectivity index (χ3v) is 3.29. The second-order valence-corrected chi connectivity index (χ2v) is 5.04. The SMILES string of the molecule is CNC(Cc1cnn(C)c1)c1cccc(Br)c1. The minimum Gasteiger partial charge on any atom is -0.313 e. The van der Waals surface area contributed by atoms with E-state index in [1.807, 2.05) is 31.0 Å². The molecule has 4 heteroatoms. The van der Waals surface area contributed by atoms with Crippen LogP contribution in [-0.4, -0.2) is 16.8 Å². The van der Waals surface area contributed by atoms with E-state index in [4.69, 9.17) is 0 Å². The van der Waals surface area contributed by atoms with Crippen LogP contribution in [0.25, 0.3) is 0 Å². The van der Waals surface area contributed by atoms with Crippen LogP contribution in [0.1, 0.15) is 17.2 Å². The third kappa shape index (κ3) is 3.17. The van der Waals surface area contributed by atoms with Gasteiger partial charge in [-0.2, -0.15) is 5.10 Å². The molecule has 0 spiro atoms. The Morgan fingerprint density at radius 2 is 2.29 bits per heavy atom. The van der Waals surface area contributed by atoms with Gasteiger partial charge in [-0.3, -0.25) is 4.68 Å². The summed E-state index contributed by atoms with van der Waals surface area (Å²) in [5, 5.41) is 7.54. The van der Waals surface area contributed by atoms with E-state index in [2.05, 4.69) is 50.7 Å². The number of benzene rings is 1. The highest BCUT2D eigenvalue weighted by molar-refractivity contribution is 9.10. The lowest BCUT2D eigenvalue weighted by Crippen LogP contribution is -2.18. The van der Waals surface area contributed by atoms with Gasteiger partial charge in [-0.25, -0.2) is 0 Å². The molecular weight excluding hydrogens is 278 g/mol. The first kappa shape index (κ1) is 12.3. The fourth-order valence-electron chi connectivity index (χ4n) is 1.92. The molecule has 2 rings (SSSR count). The number of hydrogen-bond acceptors (Lipinski definition) is 2. The van der Waals surface area contributed by atoms with Gasteiger partial charge in [0.2, 0.25) is 0 Å². The Bertz CT molecular complexity index is 493. The van der Waals surface area contributed by atoms with Crippen LogP contribution in [0, 0.1) is 0 Å². The van der Waals surface area contributed by atoms with E-state index < -0.39 is 0 Å². The molecule has 1 atom stereocenters. The molecule has 2 aromatic rings. The Hall–Kier alpha value is -1.13. The number of nitrogens with one attached hydrogen (secondary N) is 1. The Morgan fingerprint density at radius 3 is 2.88 bits per heavy atom. The first-order chi connectivity index (χ1) is 8.19. The van der Waals surface area contributed by atoms with Crippen LogP contribution >= 0.6 is 15.9 Å². The number of likely N-dealkylation sites (N-methyl/N-ethyl adjacent to an activating group) is 1. The molecule has 0 saturated carbocycles. The summed E-state index contributed by atoms with van der Waals surface area (Å²) in [6.07, 6.45) is 4.92. The maximum absolute atomic E-state index is 4.19. The molecule has 1 unspecified atom stereocenters. The minimum atomic E-state index is 0.316. The smallest absolute Gasteiger partial charge is 0.0522 e. The molecule has 0 amide bonds. The molecule has 90 valence electrons. The summed E-state index contributed by atoms with van der Waals surface area (Å²) < 4.78 is 2.95. The number of aryl methyl sites for hydroxylation is 1. The van der Waals surface area contributed by atoms with Crippen molar-refractivity contribution in [3.05, 3.63) is 52.3 Å². The molecule has 0 aliphatic carbocycles. The van der Waals surface area contributed by atoms with Crippen LogP contribution < -0.4 is 5.32 Å². The van der Waals surface area contributed by atoms with Gasteiger partial charge in [0, 0.05) is 23.8 Å². The summed E-state index contributed by atoms with van der Waals surface area (Å²) in [5.74, 6) is 0. The van der Waals surface area contributed by atoms with Gasteiger partial charge in [-0.1, -0.05) is 28.1 Å². The molecule has 17 heavy (non-hydrogen) atoms. The van der Waals surface area contributed by atoms with Crippen molar-refractivity contribution >= 4 is 15.9 Å². The molecule has 0 radical (unpaired) electrons. The predicted molar refractivity (Wildman–Crippen MR) is 72.9 cm³/mol. The number of rotatable bonds is 4. The van der Waals surface area contributed by atoms with Gasteiger partial charge in [0.25, 0.3) is 0 Å². The highest BCUT2D eigenvalue weighted by Gasteiger charge is 2.11. The van der Waals surface area contributed by atoms with Crippen molar-refractivity contribution in [2.24, 2.45) is 7.05 Å². The van der Waals surface area contributed by atoms with Crippen LogP contribution in [-0.2, 0) is 13.5 Å². The fraction of sp³-hybridized carbons (Fsp3) is 0.308. The fourth-order valence-corrected chi connectivity index (χ4v) is 2.34. The van der Waals surface area contributed by atoms with Gasteiger partial charge in [0.05, 0.1) is 6.20 Å². The summed E-state index contributed by atoms with van der Waals surface area (Å²) in [7, 11) is 3.93. The zero-order valence-electron chi connectivity index (χ0n) is 10.0. The second-order valence-electron chi connectivity index (χ2n) is 4.12. The summed E-state index contributed by atoms with van der Waals surface area (Å²) >= 11 is 3.50. The zero-order valence-corrected chi connectivity index (χ0v) is 11.6. The van der Waals surface area contributed by atoms with Crippen molar-refractivity contribution in [1.29, 1.82) is 0 Å². The van der Waals surface area contributed by atoms with Gasteiger partial charge >= 0.3 is 0 Å². The highest BCUT2D eigenvalue weighted by atomic mass is 79.9. The Kier molecular flexibility index (Phi) is 3.97. The molecule has 3 nitrogen and oxygen atoms in total. The third-order valence-electron chi connectivity index (χ3n) is 2.80. The van der Waals surface area contributed by atoms with Crippen molar-refractivity contribution in [2.45, 2.75) is 12.5 Å². The quantitative estimate of drug-likeness (QED) is 0.939. The first-order valence-electron chi connectivity index (χ1n) is 5.59. The molecule has 0 aliphatic heterocycles. The lowest BCUT2D eigenvalue weighted by Gasteiger charge is -2.16. The lowest BCUT2D eigenvalue weighted by molar-refractivity contribution is 0.591. The maximum atomic E-state index is 4.19.